The van der Waals surface area contributed by atoms with Gasteiger partial charge in [-0.1, -0.05) is 54.6 Å². The fraction of sp³-hybridized carbons (Fsp3) is 0.167. The summed E-state index contributed by atoms with van der Waals surface area (Å²) in [5.74, 6) is -1.06. The summed E-state index contributed by atoms with van der Waals surface area (Å²) in [6, 6.07) is 17.6. The van der Waals surface area contributed by atoms with Crippen molar-refractivity contribution < 1.29 is 9.90 Å². The molecule has 1 aromatic heterocycles. The van der Waals surface area contributed by atoms with Crippen LogP contribution in [0.4, 0.5) is 0 Å². The first-order valence-electron chi connectivity index (χ1n) is 7.50. The highest BCUT2D eigenvalue weighted by molar-refractivity contribution is 5.86. The lowest BCUT2D eigenvalue weighted by Crippen LogP contribution is -2.07. The number of hydrogen-bond acceptors (Lipinski definition) is 3. The van der Waals surface area contributed by atoms with Crippen molar-refractivity contribution in [1.82, 2.24) is 15.0 Å². The third-order valence-electron chi connectivity index (χ3n) is 3.77. The van der Waals surface area contributed by atoms with Gasteiger partial charge in [-0.15, -0.1) is 5.10 Å². The van der Waals surface area contributed by atoms with Crippen LogP contribution in [0.25, 0.3) is 5.69 Å². The predicted octanol–water partition coefficient (Wildman–Crippen LogP) is 3.12. The maximum atomic E-state index is 11.4. The molecule has 3 rings (SSSR count). The van der Waals surface area contributed by atoms with Crippen molar-refractivity contribution in [3.63, 3.8) is 0 Å². The Morgan fingerprint density at radius 1 is 1.04 bits per heavy atom. The van der Waals surface area contributed by atoms with Gasteiger partial charge in [-0.3, -0.25) is 0 Å². The van der Waals surface area contributed by atoms with E-state index in [2.05, 4.69) is 17.2 Å². The number of rotatable bonds is 5. The van der Waals surface area contributed by atoms with Gasteiger partial charge in [-0.2, -0.15) is 0 Å². The normalized spacial score (nSPS) is 10.7. The summed E-state index contributed by atoms with van der Waals surface area (Å²) in [5.41, 5.74) is 3.62. The Kier molecular flexibility index (Phi) is 4.19. The van der Waals surface area contributed by atoms with Crippen LogP contribution in [-0.4, -0.2) is 26.1 Å². The Morgan fingerprint density at radius 2 is 1.74 bits per heavy atom. The molecule has 0 unspecified atom stereocenters. The van der Waals surface area contributed by atoms with Crippen LogP contribution < -0.4 is 0 Å². The zero-order valence-corrected chi connectivity index (χ0v) is 12.8. The summed E-state index contributed by atoms with van der Waals surface area (Å²) in [6.07, 6.45) is 1.42. The molecule has 5 heteroatoms. The average molecular weight is 307 g/mol. The number of aryl methyl sites for hydroxylation is 1. The van der Waals surface area contributed by atoms with E-state index in [0.717, 1.165) is 17.7 Å². The maximum absolute atomic E-state index is 11.4. The molecule has 0 aliphatic rings. The zero-order chi connectivity index (χ0) is 16.2. The molecule has 0 saturated carbocycles. The number of benzene rings is 2. The van der Waals surface area contributed by atoms with Gasteiger partial charge in [-0.05, 0) is 29.7 Å². The Morgan fingerprint density at radius 3 is 2.35 bits per heavy atom. The van der Waals surface area contributed by atoms with Crippen LogP contribution >= 0.6 is 0 Å². The summed E-state index contributed by atoms with van der Waals surface area (Å²) in [5, 5.41) is 17.3. The third kappa shape index (κ3) is 3.13. The van der Waals surface area contributed by atoms with Crippen LogP contribution in [0, 0.1) is 0 Å². The fourth-order valence-electron chi connectivity index (χ4n) is 2.50. The number of nitrogens with zero attached hydrogens (tertiary/aromatic N) is 3. The molecule has 0 amide bonds. The highest BCUT2D eigenvalue weighted by Gasteiger charge is 2.20. The first-order chi connectivity index (χ1) is 11.2. The highest BCUT2D eigenvalue weighted by Crippen LogP contribution is 2.18. The van der Waals surface area contributed by atoms with E-state index in [1.807, 2.05) is 54.6 Å². The first-order valence-corrected chi connectivity index (χ1v) is 7.50. The van der Waals surface area contributed by atoms with E-state index in [0.29, 0.717) is 12.1 Å². The van der Waals surface area contributed by atoms with Crippen LogP contribution in [0.2, 0.25) is 0 Å². The van der Waals surface area contributed by atoms with Crippen molar-refractivity contribution >= 4 is 5.97 Å². The van der Waals surface area contributed by atoms with Gasteiger partial charge < -0.3 is 5.11 Å². The van der Waals surface area contributed by atoms with Crippen molar-refractivity contribution in [2.45, 2.75) is 19.8 Å². The molecule has 23 heavy (non-hydrogen) atoms. The molecule has 0 spiro atoms. The lowest BCUT2D eigenvalue weighted by Gasteiger charge is -2.08. The predicted molar refractivity (Wildman–Crippen MR) is 86.9 cm³/mol. The van der Waals surface area contributed by atoms with Gasteiger partial charge in [-0.25, -0.2) is 9.48 Å². The third-order valence-corrected chi connectivity index (χ3v) is 3.77. The van der Waals surface area contributed by atoms with E-state index in [4.69, 9.17) is 0 Å². The van der Waals surface area contributed by atoms with Gasteiger partial charge >= 0.3 is 5.97 Å². The second-order valence-electron chi connectivity index (χ2n) is 5.28. The van der Waals surface area contributed by atoms with E-state index in [-0.39, 0.29) is 5.69 Å². The molecule has 0 aliphatic heterocycles. The highest BCUT2D eigenvalue weighted by atomic mass is 16.4. The summed E-state index contributed by atoms with van der Waals surface area (Å²) in [7, 11) is 0. The van der Waals surface area contributed by atoms with Crippen molar-refractivity contribution in [3.8, 4) is 5.69 Å². The smallest absolute Gasteiger partial charge is 0.358 e. The summed E-state index contributed by atoms with van der Waals surface area (Å²) < 4.78 is 1.61. The van der Waals surface area contributed by atoms with Gasteiger partial charge in [0.05, 0.1) is 11.4 Å². The van der Waals surface area contributed by atoms with E-state index >= 15 is 0 Å². The standard InChI is InChI=1S/C18H17N3O2/c1-2-13-8-10-15(11-9-13)21-16(17(18(22)23)19-20-21)12-14-6-4-3-5-7-14/h3-11H,2,12H2,1H3,(H,22,23). The molecule has 0 bridgehead atoms. The molecule has 0 radical (unpaired) electrons. The lowest BCUT2D eigenvalue weighted by molar-refractivity contribution is 0.0689. The molecule has 3 aromatic rings. The topological polar surface area (TPSA) is 68.0 Å². The molecule has 0 aliphatic carbocycles. The lowest BCUT2D eigenvalue weighted by atomic mass is 10.1. The monoisotopic (exact) mass is 307 g/mol. The zero-order valence-electron chi connectivity index (χ0n) is 12.8. The summed E-state index contributed by atoms with van der Waals surface area (Å²) in [6.45, 7) is 2.09. The summed E-state index contributed by atoms with van der Waals surface area (Å²) >= 11 is 0. The van der Waals surface area contributed by atoms with Gasteiger partial charge in [0.2, 0.25) is 0 Å². The largest absolute Gasteiger partial charge is 0.476 e. The Balaban J connectivity index is 2.04. The van der Waals surface area contributed by atoms with Gasteiger partial charge in [0.25, 0.3) is 0 Å². The molecule has 0 saturated heterocycles. The molecule has 0 atom stereocenters. The Labute approximate surface area is 134 Å². The minimum atomic E-state index is -1.06. The molecule has 2 aromatic carbocycles. The molecule has 1 heterocycles. The van der Waals surface area contributed by atoms with Crippen LogP contribution in [0.15, 0.2) is 54.6 Å². The first kappa shape index (κ1) is 15.0. The molecular formula is C18H17N3O2. The van der Waals surface area contributed by atoms with Gasteiger partial charge in [0.15, 0.2) is 5.69 Å². The van der Waals surface area contributed by atoms with Crippen LogP contribution in [0.1, 0.15) is 34.2 Å². The van der Waals surface area contributed by atoms with Crippen molar-refractivity contribution in [2.24, 2.45) is 0 Å². The fourth-order valence-corrected chi connectivity index (χ4v) is 2.50. The van der Waals surface area contributed by atoms with Crippen LogP contribution in [-0.2, 0) is 12.8 Å². The van der Waals surface area contributed by atoms with E-state index in [1.54, 1.807) is 4.68 Å². The Bertz CT molecular complexity index is 808. The second kappa shape index (κ2) is 6.44. The molecule has 0 fully saturated rings. The maximum Gasteiger partial charge on any atom is 0.358 e. The minimum absolute atomic E-state index is 0.00609. The van der Waals surface area contributed by atoms with Crippen LogP contribution in [0.3, 0.4) is 0 Å². The number of carbonyl (C=O) groups is 1. The molecule has 5 nitrogen and oxygen atoms in total. The average Bonchev–Trinajstić information content (AvgIpc) is 2.99. The van der Waals surface area contributed by atoms with E-state index in [1.165, 1.54) is 5.56 Å². The van der Waals surface area contributed by atoms with E-state index < -0.39 is 5.97 Å². The molecule has 116 valence electrons. The minimum Gasteiger partial charge on any atom is -0.476 e. The number of carboxylic acids is 1. The Hall–Kier alpha value is -2.95. The number of aromatic carboxylic acids is 1. The second-order valence-corrected chi connectivity index (χ2v) is 5.28. The van der Waals surface area contributed by atoms with Gasteiger partial charge in [0.1, 0.15) is 0 Å². The van der Waals surface area contributed by atoms with Crippen molar-refractivity contribution in [2.75, 3.05) is 0 Å². The summed E-state index contributed by atoms with van der Waals surface area (Å²) in [4.78, 5) is 11.4. The van der Waals surface area contributed by atoms with E-state index in [9.17, 15) is 9.90 Å². The van der Waals surface area contributed by atoms with Gasteiger partial charge in [0, 0.05) is 6.42 Å². The van der Waals surface area contributed by atoms with Crippen molar-refractivity contribution in [3.05, 3.63) is 77.1 Å². The number of aromatic nitrogens is 3. The number of carboxylic acid groups (broad SMARTS) is 1. The quantitative estimate of drug-likeness (QED) is 0.786. The van der Waals surface area contributed by atoms with Crippen molar-refractivity contribution in [1.29, 1.82) is 0 Å². The molecular weight excluding hydrogens is 290 g/mol. The molecule has 1 N–H and O–H groups in total. The van der Waals surface area contributed by atoms with Crippen LogP contribution in [0.5, 0.6) is 0 Å². The number of hydrogen-bond donors (Lipinski definition) is 1. The SMILES string of the molecule is CCc1ccc(-n2nnc(C(=O)O)c2Cc2ccccc2)cc1.